The zero-order valence-corrected chi connectivity index (χ0v) is 10.8. The molecule has 0 bridgehead atoms. The summed E-state index contributed by atoms with van der Waals surface area (Å²) in [7, 11) is 0. The summed E-state index contributed by atoms with van der Waals surface area (Å²) in [5, 5.41) is 0. The van der Waals surface area contributed by atoms with Gasteiger partial charge in [-0.3, -0.25) is 0 Å². The highest BCUT2D eigenvalue weighted by molar-refractivity contribution is 5.26. The van der Waals surface area contributed by atoms with Gasteiger partial charge in [-0.05, 0) is 24.5 Å². The van der Waals surface area contributed by atoms with Crippen molar-refractivity contribution in [2.24, 2.45) is 0 Å². The van der Waals surface area contributed by atoms with Crippen LogP contribution in [0.1, 0.15) is 32.3 Å². The van der Waals surface area contributed by atoms with Crippen molar-refractivity contribution in [2.75, 3.05) is 0 Å². The molecule has 1 heteroatoms. The monoisotopic (exact) mass is 232 g/mol. The molecule has 0 aliphatic rings. The van der Waals surface area contributed by atoms with Gasteiger partial charge in [0.1, 0.15) is 5.67 Å². The lowest BCUT2D eigenvalue weighted by Crippen LogP contribution is -2.25. The van der Waals surface area contributed by atoms with Crippen LogP contribution in [0.5, 0.6) is 0 Å². The second kappa shape index (κ2) is 5.81. The van der Waals surface area contributed by atoms with Crippen molar-refractivity contribution < 1.29 is 4.39 Å². The summed E-state index contributed by atoms with van der Waals surface area (Å²) in [6.07, 6.45) is 1.30. The molecule has 0 aliphatic carbocycles. The van der Waals surface area contributed by atoms with E-state index >= 15 is 0 Å². The van der Waals surface area contributed by atoms with Gasteiger partial charge in [-0.2, -0.15) is 0 Å². The molecular weight excluding hydrogens is 211 g/mol. The maximum Gasteiger partial charge on any atom is 0.118 e. The average Bonchev–Trinajstić information content (AvgIpc) is 2.30. The third-order valence-corrected chi connectivity index (χ3v) is 3.13. The van der Waals surface area contributed by atoms with Crippen LogP contribution in [-0.2, 0) is 6.42 Å². The molecule has 0 fully saturated rings. The second-order valence-electron chi connectivity index (χ2n) is 4.73. The van der Waals surface area contributed by atoms with Crippen LogP contribution in [0.25, 0.3) is 0 Å². The fourth-order valence-electron chi connectivity index (χ4n) is 1.81. The molecule has 0 radical (unpaired) electrons. The molecule has 0 heterocycles. The molecule has 0 nitrogen and oxygen atoms in total. The third kappa shape index (κ3) is 4.18. The Morgan fingerprint density at radius 2 is 1.82 bits per heavy atom. The van der Waals surface area contributed by atoms with Gasteiger partial charge in [-0.15, -0.1) is 0 Å². The third-order valence-electron chi connectivity index (χ3n) is 3.13. The lowest BCUT2D eigenvalue weighted by molar-refractivity contribution is 0.157. The van der Waals surface area contributed by atoms with Gasteiger partial charge in [-0.1, -0.05) is 56.0 Å². The van der Waals surface area contributed by atoms with Crippen LogP contribution < -0.4 is 0 Å². The van der Waals surface area contributed by atoms with Gasteiger partial charge in [0.2, 0.25) is 0 Å². The molecule has 0 saturated carbocycles. The molecule has 0 aromatic heterocycles. The van der Waals surface area contributed by atoms with Gasteiger partial charge in [0.05, 0.1) is 0 Å². The van der Waals surface area contributed by atoms with Gasteiger partial charge < -0.3 is 0 Å². The molecule has 92 valence electrons. The molecule has 0 saturated heterocycles. The van der Waals surface area contributed by atoms with E-state index in [1.54, 1.807) is 0 Å². The van der Waals surface area contributed by atoms with E-state index in [2.05, 4.69) is 13.2 Å². The number of hydrogen-bond donors (Lipinski definition) is 0. The Balaban J connectivity index is 2.75. The minimum absolute atomic E-state index is 0.369. The lowest BCUT2D eigenvalue weighted by atomic mass is 9.86. The molecule has 0 N–H and O–H groups in total. The SMILES string of the molecule is C=C(C)C(=C)CC(F)(CC)Cc1ccccc1. The number of halogens is 1. The van der Waals surface area contributed by atoms with Gasteiger partial charge >= 0.3 is 0 Å². The van der Waals surface area contributed by atoms with Crippen molar-refractivity contribution in [1.29, 1.82) is 0 Å². The Bertz CT molecular complexity index is 391. The maximum atomic E-state index is 14.7. The van der Waals surface area contributed by atoms with E-state index in [4.69, 9.17) is 0 Å². The first-order valence-electron chi connectivity index (χ1n) is 6.03. The van der Waals surface area contributed by atoms with Crippen molar-refractivity contribution in [3.05, 3.63) is 60.2 Å². The van der Waals surface area contributed by atoms with Crippen LogP contribution in [0, 0.1) is 0 Å². The number of hydrogen-bond acceptors (Lipinski definition) is 0. The molecule has 17 heavy (non-hydrogen) atoms. The topological polar surface area (TPSA) is 0 Å². The van der Waals surface area contributed by atoms with E-state index in [0.29, 0.717) is 19.3 Å². The zero-order chi connectivity index (χ0) is 12.9. The Labute approximate surface area is 104 Å². The van der Waals surface area contributed by atoms with Crippen molar-refractivity contribution >= 4 is 0 Å². The Kier molecular flexibility index (Phi) is 4.68. The van der Waals surface area contributed by atoms with Crippen molar-refractivity contribution in [2.45, 2.75) is 38.8 Å². The molecule has 1 aromatic rings. The zero-order valence-electron chi connectivity index (χ0n) is 10.8. The molecule has 1 rings (SSSR count). The van der Waals surface area contributed by atoms with Gasteiger partial charge in [-0.25, -0.2) is 4.39 Å². The fraction of sp³-hybridized carbons (Fsp3) is 0.375. The first kappa shape index (κ1) is 13.7. The molecule has 0 spiro atoms. The van der Waals surface area contributed by atoms with Crippen LogP contribution >= 0.6 is 0 Å². The predicted octanol–water partition coefficient (Wildman–Crippen LogP) is 4.87. The summed E-state index contributed by atoms with van der Waals surface area (Å²) < 4.78 is 14.7. The van der Waals surface area contributed by atoms with Crippen molar-refractivity contribution in [3.8, 4) is 0 Å². The summed E-state index contributed by atoms with van der Waals surface area (Å²) in [6, 6.07) is 9.77. The molecular formula is C16H21F. The van der Waals surface area contributed by atoms with Crippen LogP contribution in [0.15, 0.2) is 54.6 Å². The molecule has 0 amide bonds. The normalized spacial score (nSPS) is 14.1. The van der Waals surface area contributed by atoms with Crippen LogP contribution in [0.2, 0.25) is 0 Å². The average molecular weight is 232 g/mol. The Hall–Kier alpha value is -1.37. The Morgan fingerprint density at radius 1 is 1.24 bits per heavy atom. The highest BCUT2D eigenvalue weighted by Gasteiger charge is 2.28. The fourth-order valence-corrected chi connectivity index (χ4v) is 1.81. The minimum Gasteiger partial charge on any atom is -0.243 e. The van der Waals surface area contributed by atoms with E-state index in [9.17, 15) is 4.39 Å². The van der Waals surface area contributed by atoms with Crippen LogP contribution in [0.4, 0.5) is 4.39 Å². The number of allylic oxidation sites excluding steroid dienone is 2. The summed E-state index contributed by atoms with van der Waals surface area (Å²) in [6.45, 7) is 11.5. The largest absolute Gasteiger partial charge is 0.243 e. The number of rotatable bonds is 6. The first-order chi connectivity index (χ1) is 7.97. The minimum atomic E-state index is -1.21. The van der Waals surface area contributed by atoms with Crippen LogP contribution in [0.3, 0.4) is 0 Å². The summed E-state index contributed by atoms with van der Waals surface area (Å²) in [5.41, 5.74) is 1.50. The van der Waals surface area contributed by atoms with Crippen molar-refractivity contribution in [3.63, 3.8) is 0 Å². The Morgan fingerprint density at radius 3 is 2.29 bits per heavy atom. The highest BCUT2D eigenvalue weighted by atomic mass is 19.1. The summed E-state index contributed by atoms with van der Waals surface area (Å²) >= 11 is 0. The van der Waals surface area contributed by atoms with Gasteiger partial charge in [0, 0.05) is 12.8 Å². The van der Waals surface area contributed by atoms with E-state index in [1.807, 2.05) is 44.2 Å². The van der Waals surface area contributed by atoms with E-state index in [-0.39, 0.29) is 0 Å². The van der Waals surface area contributed by atoms with Gasteiger partial charge in [0.15, 0.2) is 0 Å². The van der Waals surface area contributed by atoms with Crippen molar-refractivity contribution in [1.82, 2.24) is 0 Å². The lowest BCUT2D eigenvalue weighted by Gasteiger charge is -2.25. The summed E-state index contributed by atoms with van der Waals surface area (Å²) in [4.78, 5) is 0. The quantitative estimate of drug-likeness (QED) is 0.614. The van der Waals surface area contributed by atoms with E-state index in [0.717, 1.165) is 16.7 Å². The smallest absolute Gasteiger partial charge is 0.118 e. The predicted molar refractivity (Wildman–Crippen MR) is 72.8 cm³/mol. The number of alkyl halides is 1. The van der Waals surface area contributed by atoms with E-state index < -0.39 is 5.67 Å². The second-order valence-corrected chi connectivity index (χ2v) is 4.73. The summed E-state index contributed by atoms with van der Waals surface area (Å²) in [5.74, 6) is 0. The van der Waals surface area contributed by atoms with Gasteiger partial charge in [0.25, 0.3) is 0 Å². The highest BCUT2D eigenvalue weighted by Crippen LogP contribution is 2.30. The maximum absolute atomic E-state index is 14.7. The molecule has 1 aromatic carbocycles. The standard InChI is InChI=1S/C16H21F/c1-5-16(17,11-14(4)13(2)3)12-15-9-7-6-8-10-15/h6-10H,2,4-5,11-12H2,1,3H3. The molecule has 1 atom stereocenters. The number of benzene rings is 1. The van der Waals surface area contributed by atoms with E-state index in [1.165, 1.54) is 0 Å². The first-order valence-corrected chi connectivity index (χ1v) is 6.03. The molecule has 0 aliphatic heterocycles. The molecule has 1 unspecified atom stereocenters. The van der Waals surface area contributed by atoms with Crippen LogP contribution in [-0.4, -0.2) is 5.67 Å².